The van der Waals surface area contributed by atoms with Gasteiger partial charge < -0.3 is 0 Å². The predicted molar refractivity (Wildman–Crippen MR) is 54.4 cm³/mol. The maximum Gasteiger partial charge on any atom is 0.0306 e. The van der Waals surface area contributed by atoms with E-state index in [1.807, 2.05) is 18.5 Å². The summed E-state index contributed by atoms with van der Waals surface area (Å²) in [6.07, 6.45) is 12.5. The standard InChI is InChI=1S/C12H13N/c1-10-5-2-3-7-12(10)11-6-4-8-13-9-11/h2-10,12H,1H3. The maximum absolute atomic E-state index is 4.14. The van der Waals surface area contributed by atoms with E-state index in [-0.39, 0.29) is 0 Å². The van der Waals surface area contributed by atoms with E-state index in [0.29, 0.717) is 11.8 Å². The highest BCUT2D eigenvalue weighted by atomic mass is 14.6. The van der Waals surface area contributed by atoms with E-state index in [0.717, 1.165) is 0 Å². The summed E-state index contributed by atoms with van der Waals surface area (Å²) in [4.78, 5) is 4.14. The molecule has 0 N–H and O–H groups in total. The first-order valence-electron chi connectivity index (χ1n) is 4.63. The Bertz CT molecular complexity index is 324. The summed E-state index contributed by atoms with van der Waals surface area (Å²) in [5.41, 5.74) is 1.30. The average molecular weight is 171 g/mol. The Hall–Kier alpha value is -1.37. The van der Waals surface area contributed by atoms with Crippen LogP contribution in [0.2, 0.25) is 0 Å². The molecule has 0 saturated carbocycles. The van der Waals surface area contributed by atoms with Gasteiger partial charge in [-0.05, 0) is 17.5 Å². The largest absolute Gasteiger partial charge is 0.264 e. The van der Waals surface area contributed by atoms with E-state index in [9.17, 15) is 0 Å². The smallest absolute Gasteiger partial charge is 0.0306 e. The lowest BCUT2D eigenvalue weighted by Gasteiger charge is -2.20. The Morgan fingerprint density at radius 1 is 1.23 bits per heavy atom. The fraction of sp³-hybridized carbons (Fsp3) is 0.250. The van der Waals surface area contributed by atoms with Crippen LogP contribution in [0.4, 0.5) is 0 Å². The second-order valence-corrected chi connectivity index (χ2v) is 3.44. The van der Waals surface area contributed by atoms with Crippen molar-refractivity contribution in [2.75, 3.05) is 0 Å². The van der Waals surface area contributed by atoms with E-state index in [1.165, 1.54) is 5.56 Å². The van der Waals surface area contributed by atoms with E-state index < -0.39 is 0 Å². The second-order valence-electron chi connectivity index (χ2n) is 3.44. The van der Waals surface area contributed by atoms with E-state index in [1.54, 1.807) is 0 Å². The van der Waals surface area contributed by atoms with Crippen molar-refractivity contribution < 1.29 is 0 Å². The summed E-state index contributed by atoms with van der Waals surface area (Å²) < 4.78 is 0. The van der Waals surface area contributed by atoms with E-state index in [2.05, 4.69) is 42.3 Å². The molecule has 0 aliphatic heterocycles. The summed E-state index contributed by atoms with van der Waals surface area (Å²) in [5, 5.41) is 0. The molecular weight excluding hydrogens is 158 g/mol. The van der Waals surface area contributed by atoms with Gasteiger partial charge in [0.2, 0.25) is 0 Å². The molecule has 2 atom stereocenters. The van der Waals surface area contributed by atoms with Gasteiger partial charge in [0.25, 0.3) is 0 Å². The van der Waals surface area contributed by atoms with Gasteiger partial charge >= 0.3 is 0 Å². The Kier molecular flexibility index (Phi) is 2.26. The van der Waals surface area contributed by atoms with Crippen molar-refractivity contribution in [2.24, 2.45) is 5.92 Å². The molecule has 1 heterocycles. The SMILES string of the molecule is CC1C=CC=CC1c1cccnc1. The van der Waals surface area contributed by atoms with Crippen molar-refractivity contribution >= 4 is 0 Å². The number of pyridine rings is 1. The molecule has 0 spiro atoms. The number of allylic oxidation sites excluding steroid dienone is 4. The zero-order valence-electron chi connectivity index (χ0n) is 7.72. The Morgan fingerprint density at radius 3 is 2.77 bits per heavy atom. The minimum atomic E-state index is 0.499. The molecule has 0 saturated heterocycles. The maximum atomic E-state index is 4.14. The number of rotatable bonds is 1. The summed E-state index contributed by atoms with van der Waals surface area (Å²) in [5.74, 6) is 1.08. The minimum absolute atomic E-state index is 0.499. The molecule has 1 aliphatic rings. The molecule has 2 rings (SSSR count). The van der Waals surface area contributed by atoms with Crippen LogP contribution >= 0.6 is 0 Å². The molecule has 1 aliphatic carbocycles. The molecular formula is C12H13N. The molecule has 1 nitrogen and oxygen atoms in total. The van der Waals surface area contributed by atoms with Crippen molar-refractivity contribution in [3.05, 3.63) is 54.4 Å². The van der Waals surface area contributed by atoms with Crippen molar-refractivity contribution in [3.63, 3.8) is 0 Å². The van der Waals surface area contributed by atoms with Crippen molar-refractivity contribution in [2.45, 2.75) is 12.8 Å². The topological polar surface area (TPSA) is 12.9 Å². The molecule has 1 heteroatoms. The number of hydrogen-bond acceptors (Lipinski definition) is 1. The van der Waals surface area contributed by atoms with E-state index in [4.69, 9.17) is 0 Å². The Morgan fingerprint density at radius 2 is 2.08 bits per heavy atom. The van der Waals surface area contributed by atoms with Crippen LogP contribution in [0.3, 0.4) is 0 Å². The van der Waals surface area contributed by atoms with Gasteiger partial charge in [-0.25, -0.2) is 0 Å². The molecule has 1 aromatic heterocycles. The summed E-state index contributed by atoms with van der Waals surface area (Å²) in [7, 11) is 0. The van der Waals surface area contributed by atoms with Gasteiger partial charge in [-0.2, -0.15) is 0 Å². The first-order chi connectivity index (χ1) is 6.38. The van der Waals surface area contributed by atoms with Gasteiger partial charge in [-0.15, -0.1) is 0 Å². The third-order valence-corrected chi connectivity index (χ3v) is 2.48. The highest BCUT2D eigenvalue weighted by Crippen LogP contribution is 2.28. The molecule has 2 unspecified atom stereocenters. The molecule has 0 fully saturated rings. The number of nitrogens with zero attached hydrogens (tertiary/aromatic N) is 1. The first-order valence-corrected chi connectivity index (χ1v) is 4.63. The molecule has 13 heavy (non-hydrogen) atoms. The Balaban J connectivity index is 2.27. The lowest BCUT2D eigenvalue weighted by molar-refractivity contribution is 0.633. The quantitative estimate of drug-likeness (QED) is 0.633. The van der Waals surface area contributed by atoms with Crippen LogP contribution in [0.15, 0.2) is 48.8 Å². The van der Waals surface area contributed by atoms with Crippen LogP contribution in [0.25, 0.3) is 0 Å². The van der Waals surface area contributed by atoms with Crippen LogP contribution in [-0.2, 0) is 0 Å². The van der Waals surface area contributed by atoms with Crippen LogP contribution in [0.5, 0.6) is 0 Å². The first kappa shape index (κ1) is 8.24. The fourth-order valence-electron chi connectivity index (χ4n) is 1.71. The molecule has 0 radical (unpaired) electrons. The van der Waals surface area contributed by atoms with Gasteiger partial charge in [0, 0.05) is 18.3 Å². The monoisotopic (exact) mass is 171 g/mol. The van der Waals surface area contributed by atoms with Gasteiger partial charge in [0.1, 0.15) is 0 Å². The highest BCUT2D eigenvalue weighted by Gasteiger charge is 2.15. The van der Waals surface area contributed by atoms with Gasteiger partial charge in [0.05, 0.1) is 0 Å². The third-order valence-electron chi connectivity index (χ3n) is 2.48. The second kappa shape index (κ2) is 3.56. The lowest BCUT2D eigenvalue weighted by Crippen LogP contribution is -2.07. The molecule has 66 valence electrons. The Labute approximate surface area is 78.8 Å². The normalized spacial score (nSPS) is 26.2. The zero-order chi connectivity index (χ0) is 9.10. The van der Waals surface area contributed by atoms with Crippen LogP contribution in [-0.4, -0.2) is 4.98 Å². The number of aromatic nitrogens is 1. The van der Waals surface area contributed by atoms with E-state index >= 15 is 0 Å². The molecule has 0 amide bonds. The van der Waals surface area contributed by atoms with Crippen LogP contribution < -0.4 is 0 Å². The predicted octanol–water partition coefficient (Wildman–Crippen LogP) is 2.93. The minimum Gasteiger partial charge on any atom is -0.264 e. The zero-order valence-corrected chi connectivity index (χ0v) is 7.72. The molecule has 0 bridgehead atoms. The fourth-order valence-corrected chi connectivity index (χ4v) is 1.71. The highest BCUT2D eigenvalue weighted by molar-refractivity contribution is 5.27. The average Bonchev–Trinajstić information content (AvgIpc) is 2.20. The van der Waals surface area contributed by atoms with Gasteiger partial charge in [-0.1, -0.05) is 37.3 Å². The lowest BCUT2D eigenvalue weighted by atomic mass is 9.85. The van der Waals surface area contributed by atoms with Gasteiger partial charge in [0.15, 0.2) is 0 Å². The van der Waals surface area contributed by atoms with Crippen LogP contribution in [0, 0.1) is 5.92 Å². The summed E-state index contributed by atoms with van der Waals surface area (Å²) in [6, 6.07) is 4.13. The van der Waals surface area contributed by atoms with Crippen LogP contribution in [0.1, 0.15) is 18.4 Å². The number of hydrogen-bond donors (Lipinski definition) is 0. The molecule has 1 aromatic rings. The third kappa shape index (κ3) is 1.69. The van der Waals surface area contributed by atoms with Crippen molar-refractivity contribution in [1.29, 1.82) is 0 Å². The summed E-state index contributed by atoms with van der Waals surface area (Å²) in [6.45, 7) is 2.23. The van der Waals surface area contributed by atoms with Crippen molar-refractivity contribution in [3.8, 4) is 0 Å². The van der Waals surface area contributed by atoms with Crippen molar-refractivity contribution in [1.82, 2.24) is 4.98 Å². The van der Waals surface area contributed by atoms with Gasteiger partial charge in [-0.3, -0.25) is 4.98 Å². The molecule has 0 aromatic carbocycles. The summed E-state index contributed by atoms with van der Waals surface area (Å²) >= 11 is 0.